The minimum atomic E-state index is -0.575. The van der Waals surface area contributed by atoms with Gasteiger partial charge in [0.1, 0.15) is 18.6 Å². The number of benzene rings is 1. The van der Waals surface area contributed by atoms with Crippen molar-refractivity contribution in [2.45, 2.75) is 32.0 Å². The van der Waals surface area contributed by atoms with Gasteiger partial charge in [0.25, 0.3) is 5.91 Å². The van der Waals surface area contributed by atoms with Crippen LogP contribution in [-0.4, -0.2) is 53.7 Å². The Morgan fingerprint density at radius 1 is 1.33 bits per heavy atom. The molecule has 3 rings (SSSR count). The van der Waals surface area contributed by atoms with Crippen LogP contribution in [0.5, 0.6) is 5.75 Å². The summed E-state index contributed by atoms with van der Waals surface area (Å²) in [5.74, 6) is 0.316. The molecule has 1 amide bonds. The van der Waals surface area contributed by atoms with E-state index >= 15 is 0 Å². The number of hydrogen-bond acceptors (Lipinski definition) is 6. The van der Waals surface area contributed by atoms with Crippen LogP contribution < -0.4 is 10.2 Å². The van der Waals surface area contributed by atoms with E-state index < -0.39 is 12.1 Å². The molecule has 0 spiro atoms. The lowest BCUT2D eigenvalue weighted by Crippen LogP contribution is -2.44. The Labute approximate surface area is 141 Å². The van der Waals surface area contributed by atoms with Crippen LogP contribution in [-0.2, 0) is 4.74 Å². The van der Waals surface area contributed by atoms with Crippen LogP contribution in [0.25, 0.3) is 0 Å². The molecular formula is C17H24N2O5. The summed E-state index contributed by atoms with van der Waals surface area (Å²) in [5.41, 5.74) is 2.84. The van der Waals surface area contributed by atoms with Crippen molar-refractivity contribution in [3.8, 4) is 5.75 Å². The first-order valence-electron chi connectivity index (χ1n) is 8.34. The van der Waals surface area contributed by atoms with Gasteiger partial charge in [-0.1, -0.05) is 0 Å². The maximum atomic E-state index is 11.7. The fourth-order valence-corrected chi connectivity index (χ4v) is 3.49. The Bertz CT molecular complexity index is 588. The maximum absolute atomic E-state index is 11.7. The lowest BCUT2D eigenvalue weighted by molar-refractivity contribution is -0.0904. The van der Waals surface area contributed by atoms with Crippen molar-refractivity contribution >= 4 is 5.91 Å². The molecule has 2 unspecified atom stereocenters. The van der Waals surface area contributed by atoms with E-state index in [1.807, 2.05) is 11.8 Å². The number of carbonyl (C=O) groups excluding carboxylic acids is 1. The zero-order chi connectivity index (χ0) is 17.1. The molecule has 1 aromatic carbocycles. The SMILES string of the molecule is CC1c2cc(C(=O)NO)ccc2OCCN1C(O)C1CCOCC1. The number of fused-ring (bicyclic) bond motifs is 1. The molecule has 0 bridgehead atoms. The zero-order valence-corrected chi connectivity index (χ0v) is 13.8. The predicted octanol–water partition coefficient (Wildman–Crippen LogP) is 1.31. The van der Waals surface area contributed by atoms with E-state index in [1.54, 1.807) is 23.7 Å². The van der Waals surface area contributed by atoms with Gasteiger partial charge in [0.05, 0.1) is 0 Å². The molecule has 1 saturated heterocycles. The molecule has 0 aliphatic carbocycles. The number of ether oxygens (including phenoxy) is 2. The summed E-state index contributed by atoms with van der Waals surface area (Å²) in [5, 5.41) is 19.7. The van der Waals surface area contributed by atoms with Crippen LogP contribution in [0.4, 0.5) is 0 Å². The first kappa shape index (κ1) is 17.2. The minimum Gasteiger partial charge on any atom is -0.492 e. The van der Waals surface area contributed by atoms with Crippen molar-refractivity contribution in [2.75, 3.05) is 26.4 Å². The average molecular weight is 336 g/mol. The molecule has 2 atom stereocenters. The summed E-state index contributed by atoms with van der Waals surface area (Å²) in [6.45, 7) is 4.44. The molecule has 24 heavy (non-hydrogen) atoms. The molecule has 1 fully saturated rings. The number of hydrogen-bond donors (Lipinski definition) is 3. The Balaban J connectivity index is 1.85. The number of hydroxylamine groups is 1. The van der Waals surface area contributed by atoms with Crippen molar-refractivity contribution < 1.29 is 24.6 Å². The molecule has 2 aliphatic heterocycles. The molecule has 7 heteroatoms. The molecule has 2 aliphatic rings. The van der Waals surface area contributed by atoms with E-state index in [0.29, 0.717) is 37.7 Å². The van der Waals surface area contributed by atoms with Crippen molar-refractivity contribution in [3.63, 3.8) is 0 Å². The van der Waals surface area contributed by atoms with Gasteiger partial charge in [0.2, 0.25) is 0 Å². The van der Waals surface area contributed by atoms with E-state index in [9.17, 15) is 9.90 Å². The number of aliphatic hydroxyl groups excluding tert-OH is 1. The first-order valence-corrected chi connectivity index (χ1v) is 8.34. The van der Waals surface area contributed by atoms with Crippen LogP contribution in [0.15, 0.2) is 18.2 Å². The minimum absolute atomic E-state index is 0.105. The fraction of sp³-hybridized carbons (Fsp3) is 0.588. The highest BCUT2D eigenvalue weighted by molar-refractivity contribution is 5.93. The first-order chi connectivity index (χ1) is 11.6. The number of nitrogens with one attached hydrogen (secondary N) is 1. The zero-order valence-electron chi connectivity index (χ0n) is 13.8. The van der Waals surface area contributed by atoms with Gasteiger partial charge in [-0.25, -0.2) is 5.48 Å². The van der Waals surface area contributed by atoms with Crippen LogP contribution >= 0.6 is 0 Å². The molecule has 3 N–H and O–H groups in total. The second-order valence-electron chi connectivity index (χ2n) is 6.32. The summed E-state index contributed by atoms with van der Waals surface area (Å²) in [6, 6.07) is 4.95. The van der Waals surface area contributed by atoms with E-state index in [-0.39, 0.29) is 12.0 Å². The highest BCUT2D eigenvalue weighted by atomic mass is 16.5. The Morgan fingerprint density at radius 2 is 2.08 bits per heavy atom. The van der Waals surface area contributed by atoms with Gasteiger partial charge in [-0.3, -0.25) is 14.9 Å². The number of amides is 1. The lowest BCUT2D eigenvalue weighted by atomic mass is 9.95. The summed E-state index contributed by atoms with van der Waals surface area (Å²) in [7, 11) is 0. The van der Waals surface area contributed by atoms with Gasteiger partial charge in [0, 0.05) is 42.8 Å². The van der Waals surface area contributed by atoms with Crippen molar-refractivity contribution in [3.05, 3.63) is 29.3 Å². The number of rotatable bonds is 3. The second kappa shape index (κ2) is 7.48. The van der Waals surface area contributed by atoms with Crippen molar-refractivity contribution in [1.29, 1.82) is 0 Å². The summed E-state index contributed by atoms with van der Waals surface area (Å²) < 4.78 is 11.2. The highest BCUT2D eigenvalue weighted by Gasteiger charge is 2.33. The molecule has 0 radical (unpaired) electrons. The van der Waals surface area contributed by atoms with E-state index in [2.05, 4.69) is 0 Å². The monoisotopic (exact) mass is 336 g/mol. The molecule has 0 saturated carbocycles. The summed E-state index contributed by atoms with van der Waals surface area (Å²) >= 11 is 0. The average Bonchev–Trinajstić information content (AvgIpc) is 2.80. The smallest absolute Gasteiger partial charge is 0.274 e. The van der Waals surface area contributed by atoms with Gasteiger partial charge in [-0.05, 0) is 38.0 Å². The van der Waals surface area contributed by atoms with Gasteiger partial charge < -0.3 is 14.6 Å². The quantitative estimate of drug-likeness (QED) is 0.569. The van der Waals surface area contributed by atoms with Crippen LogP contribution in [0.3, 0.4) is 0 Å². The largest absolute Gasteiger partial charge is 0.492 e. The number of aliphatic hydroxyl groups is 1. The third kappa shape index (κ3) is 3.39. The van der Waals surface area contributed by atoms with E-state index in [4.69, 9.17) is 14.7 Å². The third-order valence-electron chi connectivity index (χ3n) is 4.96. The van der Waals surface area contributed by atoms with E-state index in [1.165, 1.54) is 0 Å². The number of carbonyl (C=O) groups is 1. The highest BCUT2D eigenvalue weighted by Crippen LogP contribution is 2.35. The predicted molar refractivity (Wildman–Crippen MR) is 85.9 cm³/mol. The summed E-state index contributed by atoms with van der Waals surface area (Å²) in [6.07, 6.45) is 1.10. The van der Waals surface area contributed by atoms with Crippen LogP contribution in [0.1, 0.15) is 41.7 Å². The Morgan fingerprint density at radius 3 is 2.79 bits per heavy atom. The fourth-order valence-electron chi connectivity index (χ4n) is 3.49. The number of nitrogens with zero attached hydrogens (tertiary/aromatic N) is 1. The van der Waals surface area contributed by atoms with Crippen LogP contribution in [0, 0.1) is 5.92 Å². The standard InChI is InChI=1S/C17H24N2O5/c1-11-14-10-13(16(20)18-22)2-3-15(14)24-9-6-19(11)17(21)12-4-7-23-8-5-12/h2-3,10-12,17,21-22H,4-9H2,1H3,(H,18,20). The Kier molecular flexibility index (Phi) is 5.35. The molecule has 1 aromatic rings. The van der Waals surface area contributed by atoms with Gasteiger partial charge in [0.15, 0.2) is 0 Å². The Hall–Kier alpha value is -1.67. The normalized spacial score (nSPS) is 23.7. The molecule has 132 valence electrons. The summed E-state index contributed by atoms with van der Waals surface area (Å²) in [4.78, 5) is 13.7. The molecular weight excluding hydrogens is 312 g/mol. The molecule has 2 heterocycles. The maximum Gasteiger partial charge on any atom is 0.274 e. The third-order valence-corrected chi connectivity index (χ3v) is 4.96. The van der Waals surface area contributed by atoms with Crippen LogP contribution in [0.2, 0.25) is 0 Å². The van der Waals surface area contributed by atoms with Crippen molar-refractivity contribution in [1.82, 2.24) is 10.4 Å². The lowest BCUT2D eigenvalue weighted by Gasteiger charge is -2.37. The second-order valence-corrected chi connectivity index (χ2v) is 6.32. The molecule has 0 aromatic heterocycles. The van der Waals surface area contributed by atoms with Gasteiger partial charge in [-0.15, -0.1) is 0 Å². The van der Waals surface area contributed by atoms with Crippen molar-refractivity contribution in [2.24, 2.45) is 5.92 Å². The van der Waals surface area contributed by atoms with Gasteiger partial charge >= 0.3 is 0 Å². The van der Waals surface area contributed by atoms with E-state index in [0.717, 1.165) is 18.4 Å². The topological polar surface area (TPSA) is 91.3 Å². The molecule has 7 nitrogen and oxygen atoms in total. The van der Waals surface area contributed by atoms with Gasteiger partial charge in [-0.2, -0.15) is 0 Å².